The molecule has 0 amide bonds. The van der Waals surface area contributed by atoms with Gasteiger partial charge in [0.15, 0.2) is 0 Å². The summed E-state index contributed by atoms with van der Waals surface area (Å²) in [5.74, 6) is 1.78. The van der Waals surface area contributed by atoms with Crippen LogP contribution in [0.2, 0.25) is 0 Å². The predicted octanol–water partition coefficient (Wildman–Crippen LogP) is 2.85. The van der Waals surface area contributed by atoms with Gasteiger partial charge in [-0.25, -0.2) is 0 Å². The first-order valence-corrected chi connectivity index (χ1v) is 6.36. The highest BCUT2D eigenvalue weighted by atomic mass is 16.5. The van der Waals surface area contributed by atoms with Gasteiger partial charge in [0.05, 0.1) is 6.10 Å². The lowest BCUT2D eigenvalue weighted by atomic mass is 9.73. The smallest absolute Gasteiger partial charge is 0.0572 e. The molecule has 0 aromatic carbocycles. The number of aliphatic hydroxyl groups excluding tert-OH is 1. The van der Waals surface area contributed by atoms with Crippen LogP contribution in [-0.2, 0) is 4.74 Å². The standard InChI is InChI=1S/C13H26O2/c1-4-5-11-6-7-13(14)12(8-11)10(2)9-15-3/h10-14H,4-9H2,1-3H3. The first-order valence-electron chi connectivity index (χ1n) is 6.36. The van der Waals surface area contributed by atoms with Crippen molar-refractivity contribution in [2.75, 3.05) is 13.7 Å². The highest BCUT2D eigenvalue weighted by Gasteiger charge is 2.32. The lowest BCUT2D eigenvalue weighted by Crippen LogP contribution is -2.35. The summed E-state index contributed by atoms with van der Waals surface area (Å²) in [6.45, 7) is 5.23. The largest absolute Gasteiger partial charge is 0.393 e. The third-order valence-corrected chi connectivity index (χ3v) is 3.83. The molecule has 1 aliphatic rings. The summed E-state index contributed by atoms with van der Waals surface area (Å²) in [5.41, 5.74) is 0. The van der Waals surface area contributed by atoms with Gasteiger partial charge in [-0.05, 0) is 37.0 Å². The van der Waals surface area contributed by atoms with Crippen molar-refractivity contribution in [2.24, 2.45) is 17.8 Å². The van der Waals surface area contributed by atoms with Gasteiger partial charge in [0, 0.05) is 13.7 Å². The van der Waals surface area contributed by atoms with Gasteiger partial charge < -0.3 is 9.84 Å². The fourth-order valence-corrected chi connectivity index (χ4v) is 2.95. The quantitative estimate of drug-likeness (QED) is 0.762. The van der Waals surface area contributed by atoms with E-state index in [0.717, 1.165) is 18.9 Å². The van der Waals surface area contributed by atoms with E-state index in [9.17, 15) is 5.11 Å². The third-order valence-electron chi connectivity index (χ3n) is 3.83. The molecule has 1 N–H and O–H groups in total. The fraction of sp³-hybridized carbons (Fsp3) is 1.00. The molecule has 2 nitrogen and oxygen atoms in total. The Morgan fingerprint density at radius 2 is 2.13 bits per heavy atom. The normalized spacial score (nSPS) is 34.0. The van der Waals surface area contributed by atoms with Crippen molar-refractivity contribution >= 4 is 0 Å². The van der Waals surface area contributed by atoms with Crippen molar-refractivity contribution in [3.8, 4) is 0 Å². The molecule has 0 spiro atoms. The van der Waals surface area contributed by atoms with E-state index in [0.29, 0.717) is 11.8 Å². The van der Waals surface area contributed by atoms with E-state index in [-0.39, 0.29) is 6.10 Å². The first kappa shape index (κ1) is 13.0. The minimum absolute atomic E-state index is 0.0942. The van der Waals surface area contributed by atoms with E-state index in [1.54, 1.807) is 7.11 Å². The average molecular weight is 214 g/mol. The molecule has 2 heteroatoms. The zero-order valence-electron chi connectivity index (χ0n) is 10.4. The zero-order valence-corrected chi connectivity index (χ0v) is 10.4. The van der Waals surface area contributed by atoms with E-state index in [1.165, 1.54) is 25.7 Å². The van der Waals surface area contributed by atoms with Crippen molar-refractivity contribution in [2.45, 2.75) is 52.1 Å². The maximum absolute atomic E-state index is 10.00. The summed E-state index contributed by atoms with van der Waals surface area (Å²) in [6, 6.07) is 0. The molecular weight excluding hydrogens is 188 g/mol. The predicted molar refractivity (Wildman–Crippen MR) is 62.8 cm³/mol. The second-order valence-corrected chi connectivity index (χ2v) is 5.13. The van der Waals surface area contributed by atoms with Crippen LogP contribution in [0, 0.1) is 17.8 Å². The maximum atomic E-state index is 10.00. The van der Waals surface area contributed by atoms with Crippen LogP contribution in [0.25, 0.3) is 0 Å². The molecule has 0 heterocycles. The number of aliphatic hydroxyl groups is 1. The Bertz CT molecular complexity index is 170. The Hall–Kier alpha value is -0.0800. The highest BCUT2D eigenvalue weighted by Crippen LogP contribution is 2.36. The molecule has 0 radical (unpaired) electrons. The molecule has 90 valence electrons. The maximum Gasteiger partial charge on any atom is 0.0572 e. The number of hydrogen-bond donors (Lipinski definition) is 1. The molecular formula is C13H26O2. The molecule has 0 aromatic rings. The number of rotatable bonds is 5. The second-order valence-electron chi connectivity index (χ2n) is 5.13. The molecule has 1 aliphatic carbocycles. The minimum atomic E-state index is -0.0942. The zero-order chi connectivity index (χ0) is 11.3. The Kier molecular flexibility index (Phi) is 5.62. The molecule has 1 saturated carbocycles. The van der Waals surface area contributed by atoms with Crippen LogP contribution in [0.4, 0.5) is 0 Å². The van der Waals surface area contributed by atoms with Crippen LogP contribution in [0.5, 0.6) is 0 Å². The van der Waals surface area contributed by atoms with Gasteiger partial charge in [-0.1, -0.05) is 26.7 Å². The van der Waals surface area contributed by atoms with Crippen LogP contribution in [0.3, 0.4) is 0 Å². The van der Waals surface area contributed by atoms with Crippen LogP contribution in [0.15, 0.2) is 0 Å². The van der Waals surface area contributed by atoms with Crippen LogP contribution >= 0.6 is 0 Å². The monoisotopic (exact) mass is 214 g/mol. The Morgan fingerprint density at radius 3 is 2.73 bits per heavy atom. The van der Waals surface area contributed by atoms with Crippen molar-refractivity contribution < 1.29 is 9.84 Å². The topological polar surface area (TPSA) is 29.5 Å². The summed E-state index contributed by atoms with van der Waals surface area (Å²) in [6.07, 6.45) is 5.90. The van der Waals surface area contributed by atoms with Crippen LogP contribution in [0.1, 0.15) is 46.0 Å². The van der Waals surface area contributed by atoms with Gasteiger partial charge in [-0.15, -0.1) is 0 Å². The van der Waals surface area contributed by atoms with E-state index >= 15 is 0 Å². The first-order chi connectivity index (χ1) is 7.19. The molecule has 1 fully saturated rings. The molecule has 0 saturated heterocycles. The van der Waals surface area contributed by atoms with Gasteiger partial charge in [0.2, 0.25) is 0 Å². The van der Waals surface area contributed by atoms with Crippen molar-refractivity contribution in [1.29, 1.82) is 0 Å². The highest BCUT2D eigenvalue weighted by molar-refractivity contribution is 4.82. The Balaban J connectivity index is 2.45. The summed E-state index contributed by atoms with van der Waals surface area (Å²) >= 11 is 0. The lowest BCUT2D eigenvalue weighted by Gasteiger charge is -2.36. The van der Waals surface area contributed by atoms with Gasteiger partial charge in [-0.2, -0.15) is 0 Å². The number of hydrogen-bond acceptors (Lipinski definition) is 2. The van der Waals surface area contributed by atoms with Gasteiger partial charge in [-0.3, -0.25) is 0 Å². The third kappa shape index (κ3) is 3.76. The molecule has 0 aliphatic heterocycles. The minimum Gasteiger partial charge on any atom is -0.393 e. The van der Waals surface area contributed by atoms with Crippen LogP contribution in [-0.4, -0.2) is 24.9 Å². The number of ether oxygens (including phenoxy) is 1. The van der Waals surface area contributed by atoms with Gasteiger partial charge >= 0.3 is 0 Å². The van der Waals surface area contributed by atoms with Gasteiger partial charge in [0.25, 0.3) is 0 Å². The lowest BCUT2D eigenvalue weighted by molar-refractivity contribution is -0.00229. The average Bonchev–Trinajstić information content (AvgIpc) is 2.21. The molecule has 4 atom stereocenters. The van der Waals surface area contributed by atoms with E-state index in [4.69, 9.17) is 4.74 Å². The van der Waals surface area contributed by atoms with Crippen molar-refractivity contribution in [3.05, 3.63) is 0 Å². The molecule has 0 bridgehead atoms. The fourth-order valence-electron chi connectivity index (χ4n) is 2.95. The second kappa shape index (κ2) is 6.49. The molecule has 1 rings (SSSR count). The summed E-state index contributed by atoms with van der Waals surface area (Å²) < 4.78 is 5.19. The number of methoxy groups -OCH3 is 1. The van der Waals surface area contributed by atoms with Crippen molar-refractivity contribution in [3.63, 3.8) is 0 Å². The van der Waals surface area contributed by atoms with E-state index < -0.39 is 0 Å². The van der Waals surface area contributed by atoms with Crippen LogP contribution < -0.4 is 0 Å². The summed E-state index contributed by atoms with van der Waals surface area (Å²) in [4.78, 5) is 0. The molecule has 15 heavy (non-hydrogen) atoms. The molecule has 0 aromatic heterocycles. The van der Waals surface area contributed by atoms with Gasteiger partial charge in [0.1, 0.15) is 0 Å². The van der Waals surface area contributed by atoms with E-state index in [2.05, 4.69) is 13.8 Å². The van der Waals surface area contributed by atoms with Crippen molar-refractivity contribution in [1.82, 2.24) is 0 Å². The Morgan fingerprint density at radius 1 is 1.40 bits per heavy atom. The van der Waals surface area contributed by atoms with E-state index in [1.807, 2.05) is 0 Å². The summed E-state index contributed by atoms with van der Waals surface area (Å²) in [7, 11) is 1.75. The Labute approximate surface area is 94.0 Å². The summed E-state index contributed by atoms with van der Waals surface area (Å²) in [5, 5.41) is 10.00. The SMILES string of the molecule is CCCC1CCC(O)C(C(C)COC)C1. The molecule has 4 unspecified atom stereocenters.